The number of nitrogens with one attached hydrogen (secondary N) is 2. The predicted molar refractivity (Wildman–Crippen MR) is 117 cm³/mol. The molecular formula is C21H18N4OS2. The molecule has 2 N–H and O–H groups in total. The van der Waals surface area contributed by atoms with Gasteiger partial charge in [-0.25, -0.2) is 14.8 Å². The van der Waals surface area contributed by atoms with E-state index in [0.29, 0.717) is 10.3 Å². The van der Waals surface area contributed by atoms with Gasteiger partial charge in [0.05, 0.1) is 11.4 Å². The molecule has 0 fully saturated rings. The highest BCUT2D eigenvalue weighted by atomic mass is 32.1. The zero-order valence-corrected chi connectivity index (χ0v) is 17.0. The van der Waals surface area contributed by atoms with E-state index in [0.717, 1.165) is 22.5 Å². The Morgan fingerprint density at radius 2 is 1.11 bits per heavy atom. The van der Waals surface area contributed by atoms with E-state index in [9.17, 15) is 4.79 Å². The highest BCUT2D eigenvalue weighted by Crippen LogP contribution is 2.27. The second-order valence-corrected chi connectivity index (χ2v) is 8.10. The maximum absolute atomic E-state index is 12.3. The molecular weight excluding hydrogens is 388 g/mol. The van der Waals surface area contributed by atoms with Gasteiger partial charge in [-0.3, -0.25) is 10.6 Å². The Balaban J connectivity index is 1.40. The molecule has 0 aliphatic heterocycles. The molecule has 140 valence electrons. The standard InChI is InChI=1S/C21H18N4OS2/c1-13-3-7-15(8-4-13)17-11-27-20(22-17)24-19(26)25-21-23-18(12-28-21)16-9-5-14(2)6-10-16/h3-12H,1-2H3,(H2,22,23,24,25,26). The summed E-state index contributed by atoms with van der Waals surface area (Å²) in [5.41, 5.74) is 6.14. The van der Waals surface area contributed by atoms with Crippen LogP contribution in [0.5, 0.6) is 0 Å². The fourth-order valence-electron chi connectivity index (χ4n) is 2.60. The first kappa shape index (κ1) is 18.3. The lowest BCUT2D eigenvalue weighted by atomic mass is 10.1. The fraction of sp³-hybridized carbons (Fsp3) is 0.0952. The molecule has 2 aromatic carbocycles. The van der Waals surface area contributed by atoms with Crippen LogP contribution in [0.15, 0.2) is 59.3 Å². The molecule has 5 nitrogen and oxygen atoms in total. The second kappa shape index (κ2) is 7.92. The molecule has 0 spiro atoms. The van der Waals surface area contributed by atoms with Crippen molar-refractivity contribution in [1.82, 2.24) is 9.97 Å². The summed E-state index contributed by atoms with van der Waals surface area (Å²) < 4.78 is 0. The highest BCUT2D eigenvalue weighted by molar-refractivity contribution is 7.14. The van der Waals surface area contributed by atoms with Crippen molar-refractivity contribution in [3.63, 3.8) is 0 Å². The highest BCUT2D eigenvalue weighted by Gasteiger charge is 2.11. The lowest BCUT2D eigenvalue weighted by Gasteiger charge is -2.02. The molecule has 2 aromatic heterocycles. The minimum absolute atomic E-state index is 0.352. The number of urea groups is 1. The van der Waals surface area contributed by atoms with Crippen molar-refractivity contribution < 1.29 is 4.79 Å². The summed E-state index contributed by atoms with van der Waals surface area (Å²) in [5, 5.41) is 10.5. The molecule has 0 atom stereocenters. The van der Waals surface area contributed by atoms with Gasteiger partial charge < -0.3 is 0 Å². The lowest BCUT2D eigenvalue weighted by Crippen LogP contribution is -2.19. The number of amides is 2. The van der Waals surface area contributed by atoms with E-state index in [1.165, 1.54) is 33.8 Å². The molecule has 2 heterocycles. The van der Waals surface area contributed by atoms with Gasteiger partial charge in [0.15, 0.2) is 10.3 Å². The minimum Gasteiger partial charge on any atom is -0.283 e. The van der Waals surface area contributed by atoms with E-state index in [-0.39, 0.29) is 6.03 Å². The minimum atomic E-state index is -0.352. The Labute approximate surface area is 171 Å². The largest absolute Gasteiger partial charge is 0.327 e. The summed E-state index contributed by atoms with van der Waals surface area (Å²) in [6, 6.07) is 15.9. The summed E-state index contributed by atoms with van der Waals surface area (Å²) in [6.07, 6.45) is 0. The summed E-state index contributed by atoms with van der Waals surface area (Å²) in [4.78, 5) is 21.2. The van der Waals surface area contributed by atoms with E-state index in [1.807, 2.05) is 73.1 Å². The van der Waals surface area contributed by atoms with Gasteiger partial charge in [0, 0.05) is 21.9 Å². The van der Waals surface area contributed by atoms with Crippen molar-refractivity contribution >= 4 is 39.0 Å². The smallest absolute Gasteiger partial charge is 0.283 e. The molecule has 0 bridgehead atoms. The van der Waals surface area contributed by atoms with Crippen molar-refractivity contribution in [2.24, 2.45) is 0 Å². The number of benzene rings is 2. The fourth-order valence-corrected chi connectivity index (χ4v) is 4.03. The van der Waals surface area contributed by atoms with Gasteiger partial charge in [-0.2, -0.15) is 0 Å². The number of hydrogen-bond donors (Lipinski definition) is 2. The molecule has 4 aromatic rings. The van der Waals surface area contributed by atoms with E-state index in [1.54, 1.807) is 0 Å². The van der Waals surface area contributed by atoms with Crippen molar-refractivity contribution in [2.45, 2.75) is 13.8 Å². The van der Waals surface area contributed by atoms with Crippen molar-refractivity contribution in [1.29, 1.82) is 0 Å². The molecule has 0 saturated carbocycles. The SMILES string of the molecule is Cc1ccc(-c2csc(NC(=O)Nc3nc(-c4ccc(C)cc4)cs3)n2)cc1. The Hall–Kier alpha value is -3.03. The number of hydrogen-bond acceptors (Lipinski definition) is 5. The van der Waals surface area contributed by atoms with Crippen LogP contribution in [0.4, 0.5) is 15.1 Å². The van der Waals surface area contributed by atoms with Gasteiger partial charge >= 0.3 is 6.03 Å². The van der Waals surface area contributed by atoms with Crippen molar-refractivity contribution in [3.8, 4) is 22.5 Å². The molecule has 0 saturated heterocycles. The number of aromatic nitrogens is 2. The summed E-state index contributed by atoms with van der Waals surface area (Å²) in [6.45, 7) is 4.09. The Bertz CT molecular complexity index is 1010. The Morgan fingerprint density at radius 3 is 1.50 bits per heavy atom. The van der Waals surface area contributed by atoms with Crippen LogP contribution in [0.2, 0.25) is 0 Å². The zero-order chi connectivity index (χ0) is 19.5. The summed E-state index contributed by atoms with van der Waals surface area (Å²) in [5.74, 6) is 0. The second-order valence-electron chi connectivity index (χ2n) is 6.39. The van der Waals surface area contributed by atoms with Gasteiger partial charge in [-0.05, 0) is 13.8 Å². The van der Waals surface area contributed by atoms with Crippen LogP contribution >= 0.6 is 22.7 Å². The molecule has 0 radical (unpaired) electrons. The van der Waals surface area contributed by atoms with Gasteiger partial charge in [0.2, 0.25) is 0 Å². The van der Waals surface area contributed by atoms with E-state index in [4.69, 9.17) is 0 Å². The van der Waals surface area contributed by atoms with Crippen LogP contribution in [-0.4, -0.2) is 16.0 Å². The number of nitrogens with zero attached hydrogens (tertiary/aromatic N) is 2. The Kier molecular flexibility index (Phi) is 5.18. The van der Waals surface area contributed by atoms with Crippen LogP contribution < -0.4 is 10.6 Å². The first-order valence-electron chi connectivity index (χ1n) is 8.70. The lowest BCUT2D eigenvalue weighted by molar-refractivity contribution is 0.262. The summed E-state index contributed by atoms with van der Waals surface area (Å²) in [7, 11) is 0. The molecule has 4 rings (SSSR count). The maximum atomic E-state index is 12.3. The van der Waals surface area contributed by atoms with Crippen LogP contribution in [0.3, 0.4) is 0 Å². The molecule has 7 heteroatoms. The van der Waals surface area contributed by atoms with Crippen LogP contribution in [0.1, 0.15) is 11.1 Å². The number of thiazole rings is 2. The molecule has 0 aliphatic carbocycles. The van der Waals surface area contributed by atoms with Gasteiger partial charge in [0.1, 0.15) is 0 Å². The average molecular weight is 407 g/mol. The molecule has 2 amide bonds. The van der Waals surface area contributed by atoms with Crippen molar-refractivity contribution in [3.05, 3.63) is 70.4 Å². The first-order chi connectivity index (χ1) is 13.6. The third kappa shape index (κ3) is 4.27. The van der Waals surface area contributed by atoms with Gasteiger partial charge in [0.25, 0.3) is 0 Å². The quantitative estimate of drug-likeness (QED) is 0.424. The van der Waals surface area contributed by atoms with Crippen LogP contribution in [-0.2, 0) is 0 Å². The molecule has 0 unspecified atom stereocenters. The maximum Gasteiger partial charge on any atom is 0.327 e. The molecule has 28 heavy (non-hydrogen) atoms. The zero-order valence-electron chi connectivity index (χ0n) is 15.4. The number of aryl methyl sites for hydroxylation is 2. The number of anilines is 2. The third-order valence-electron chi connectivity index (χ3n) is 4.14. The Morgan fingerprint density at radius 1 is 0.714 bits per heavy atom. The van der Waals surface area contributed by atoms with Crippen molar-refractivity contribution in [2.75, 3.05) is 10.6 Å². The third-order valence-corrected chi connectivity index (χ3v) is 5.66. The van der Waals surface area contributed by atoms with Crippen LogP contribution in [0.25, 0.3) is 22.5 Å². The van der Waals surface area contributed by atoms with Crippen LogP contribution in [0, 0.1) is 13.8 Å². The van der Waals surface area contributed by atoms with E-state index in [2.05, 4.69) is 20.6 Å². The monoisotopic (exact) mass is 406 g/mol. The normalized spacial score (nSPS) is 10.6. The van der Waals surface area contributed by atoms with E-state index < -0.39 is 0 Å². The predicted octanol–water partition coefficient (Wildman–Crippen LogP) is 6.19. The number of rotatable bonds is 4. The molecule has 0 aliphatic rings. The summed E-state index contributed by atoms with van der Waals surface area (Å²) >= 11 is 2.78. The van der Waals surface area contributed by atoms with Gasteiger partial charge in [-0.1, -0.05) is 59.7 Å². The van der Waals surface area contributed by atoms with Gasteiger partial charge in [-0.15, -0.1) is 22.7 Å². The average Bonchev–Trinajstić information content (AvgIpc) is 3.33. The number of carbonyl (C=O) groups is 1. The first-order valence-corrected chi connectivity index (χ1v) is 10.5. The van der Waals surface area contributed by atoms with E-state index >= 15 is 0 Å². The topological polar surface area (TPSA) is 66.9 Å². The number of carbonyl (C=O) groups excluding carboxylic acids is 1.